The summed E-state index contributed by atoms with van der Waals surface area (Å²) in [6, 6.07) is 11.1. The first-order chi connectivity index (χ1) is 10.8. The van der Waals surface area contributed by atoms with Crippen LogP contribution < -0.4 is 9.50 Å². The summed E-state index contributed by atoms with van der Waals surface area (Å²) in [4.78, 5) is 11.3. The van der Waals surface area contributed by atoms with Crippen molar-refractivity contribution in [3.05, 3.63) is 53.6 Å². The average molecular weight is 333 g/mol. The van der Waals surface area contributed by atoms with Crippen molar-refractivity contribution in [3.63, 3.8) is 0 Å². The number of aryl methyl sites for hydroxylation is 2. The minimum atomic E-state index is -3.91. The zero-order valence-corrected chi connectivity index (χ0v) is 14.1. The van der Waals surface area contributed by atoms with Gasteiger partial charge in [-0.25, -0.2) is 0 Å². The molecular weight excluding hydrogens is 314 g/mol. The third-order valence-electron chi connectivity index (χ3n) is 3.15. The molecule has 0 aliphatic rings. The monoisotopic (exact) mass is 333 g/mol. The van der Waals surface area contributed by atoms with Crippen molar-refractivity contribution in [2.24, 2.45) is 0 Å². The smallest absolute Gasteiger partial charge is 0.339 e. The van der Waals surface area contributed by atoms with Crippen molar-refractivity contribution in [2.45, 2.75) is 32.1 Å². The second-order valence-electron chi connectivity index (χ2n) is 5.29. The van der Waals surface area contributed by atoms with E-state index < -0.39 is 10.1 Å². The molecule has 0 unspecified atom stereocenters. The molecule has 0 aliphatic heterocycles. The summed E-state index contributed by atoms with van der Waals surface area (Å²) >= 11 is 0. The molecule has 0 aromatic heterocycles. The van der Waals surface area contributed by atoms with Crippen LogP contribution in [-0.4, -0.2) is 14.3 Å². The summed E-state index contributed by atoms with van der Waals surface area (Å²) in [6.07, 6.45) is 0.357. The van der Waals surface area contributed by atoms with Crippen LogP contribution in [0.3, 0.4) is 0 Å². The third kappa shape index (κ3) is 4.56. The van der Waals surface area contributed by atoms with Gasteiger partial charge in [-0.1, -0.05) is 13.0 Å². The molecule has 1 N–H and O–H groups in total. The highest BCUT2D eigenvalue weighted by Gasteiger charge is 2.17. The van der Waals surface area contributed by atoms with Gasteiger partial charge in [0.15, 0.2) is 0 Å². The number of amides is 1. The zero-order valence-electron chi connectivity index (χ0n) is 13.3. The van der Waals surface area contributed by atoms with E-state index in [0.29, 0.717) is 12.1 Å². The molecule has 5 nitrogen and oxygen atoms in total. The molecular formula is C17H19NO4S. The number of benzene rings is 2. The highest BCUT2D eigenvalue weighted by atomic mass is 32.2. The van der Waals surface area contributed by atoms with Crippen molar-refractivity contribution in [1.82, 2.24) is 0 Å². The molecule has 2 rings (SSSR count). The van der Waals surface area contributed by atoms with Crippen LogP contribution in [0.4, 0.5) is 5.69 Å². The first kappa shape index (κ1) is 17.0. The van der Waals surface area contributed by atoms with Crippen molar-refractivity contribution in [2.75, 3.05) is 5.32 Å². The molecule has 0 heterocycles. The van der Waals surface area contributed by atoms with Crippen molar-refractivity contribution < 1.29 is 17.4 Å². The first-order valence-corrected chi connectivity index (χ1v) is 8.63. The van der Waals surface area contributed by atoms with Gasteiger partial charge in [-0.05, 0) is 61.4 Å². The predicted molar refractivity (Wildman–Crippen MR) is 89.1 cm³/mol. The summed E-state index contributed by atoms with van der Waals surface area (Å²) in [7, 11) is -3.91. The summed E-state index contributed by atoms with van der Waals surface area (Å²) in [5.74, 6) is 0.151. The lowest BCUT2D eigenvalue weighted by molar-refractivity contribution is -0.115. The number of rotatable bonds is 5. The number of carbonyl (C=O) groups excluding carboxylic acids is 1. The third-order valence-corrected chi connectivity index (χ3v) is 4.41. The minimum Gasteiger partial charge on any atom is -0.379 e. The summed E-state index contributed by atoms with van der Waals surface area (Å²) in [5, 5.41) is 2.66. The Labute approximate surface area is 136 Å². The minimum absolute atomic E-state index is 0.0335. The van der Waals surface area contributed by atoms with Gasteiger partial charge >= 0.3 is 10.1 Å². The van der Waals surface area contributed by atoms with E-state index in [4.69, 9.17) is 4.18 Å². The van der Waals surface area contributed by atoms with E-state index in [0.717, 1.165) is 11.1 Å². The number of carbonyl (C=O) groups is 1. The quantitative estimate of drug-likeness (QED) is 0.851. The molecule has 1 amide bonds. The second kappa shape index (κ2) is 6.83. The standard InChI is InChI=1S/C17H19NO4S/c1-4-17(19)18-14-5-7-16(8-6-14)23(20,21)22-15-10-12(2)9-13(3)11-15/h5-11H,4H2,1-3H3,(H,18,19). The van der Waals surface area contributed by atoms with E-state index in [2.05, 4.69) is 5.32 Å². The Morgan fingerprint density at radius 2 is 1.61 bits per heavy atom. The van der Waals surface area contributed by atoms with Crippen LogP contribution in [0.1, 0.15) is 24.5 Å². The van der Waals surface area contributed by atoms with Crippen molar-refractivity contribution >= 4 is 21.7 Å². The fourth-order valence-corrected chi connectivity index (χ4v) is 3.03. The molecule has 0 saturated carbocycles. The summed E-state index contributed by atoms with van der Waals surface area (Å²) < 4.78 is 29.8. The Morgan fingerprint density at radius 1 is 1.04 bits per heavy atom. The topological polar surface area (TPSA) is 72.5 Å². The molecule has 2 aromatic rings. The fourth-order valence-electron chi connectivity index (χ4n) is 2.11. The van der Waals surface area contributed by atoms with Gasteiger partial charge in [0.05, 0.1) is 0 Å². The van der Waals surface area contributed by atoms with Crippen LogP contribution in [0.25, 0.3) is 0 Å². The van der Waals surface area contributed by atoms with Gasteiger partial charge in [0.25, 0.3) is 0 Å². The van der Waals surface area contributed by atoms with Crippen LogP contribution in [-0.2, 0) is 14.9 Å². The van der Waals surface area contributed by atoms with Crippen molar-refractivity contribution in [3.8, 4) is 5.75 Å². The normalized spacial score (nSPS) is 11.1. The maximum absolute atomic E-state index is 12.3. The van der Waals surface area contributed by atoms with Gasteiger partial charge in [0.2, 0.25) is 5.91 Å². The van der Waals surface area contributed by atoms with E-state index in [1.807, 2.05) is 19.9 Å². The van der Waals surface area contributed by atoms with E-state index >= 15 is 0 Å². The Morgan fingerprint density at radius 3 is 2.13 bits per heavy atom. The maximum Gasteiger partial charge on any atom is 0.339 e. The molecule has 0 bridgehead atoms. The summed E-state index contributed by atoms with van der Waals surface area (Å²) in [6.45, 7) is 5.49. The summed E-state index contributed by atoms with van der Waals surface area (Å²) in [5.41, 5.74) is 2.39. The molecule has 0 saturated heterocycles. The van der Waals surface area contributed by atoms with Crippen LogP contribution in [0.2, 0.25) is 0 Å². The van der Waals surface area contributed by atoms with E-state index in [9.17, 15) is 13.2 Å². The molecule has 6 heteroatoms. The highest BCUT2D eigenvalue weighted by Crippen LogP contribution is 2.22. The lowest BCUT2D eigenvalue weighted by Gasteiger charge is -2.09. The van der Waals surface area contributed by atoms with Crippen LogP contribution in [0, 0.1) is 13.8 Å². The van der Waals surface area contributed by atoms with Crippen LogP contribution in [0.5, 0.6) is 5.75 Å². The van der Waals surface area contributed by atoms with Gasteiger partial charge in [0.1, 0.15) is 10.6 Å². The van der Waals surface area contributed by atoms with E-state index in [-0.39, 0.29) is 16.6 Å². The molecule has 23 heavy (non-hydrogen) atoms. The molecule has 0 spiro atoms. The molecule has 0 atom stereocenters. The number of hydrogen-bond donors (Lipinski definition) is 1. The lowest BCUT2D eigenvalue weighted by Crippen LogP contribution is -2.11. The maximum atomic E-state index is 12.3. The van der Waals surface area contributed by atoms with Gasteiger partial charge in [-0.15, -0.1) is 0 Å². The zero-order chi connectivity index (χ0) is 17.0. The first-order valence-electron chi connectivity index (χ1n) is 7.23. The molecule has 0 radical (unpaired) electrons. The lowest BCUT2D eigenvalue weighted by atomic mass is 10.1. The molecule has 0 fully saturated rings. The van der Waals surface area contributed by atoms with Crippen LogP contribution >= 0.6 is 0 Å². The van der Waals surface area contributed by atoms with E-state index in [1.165, 1.54) is 24.3 Å². The SMILES string of the molecule is CCC(=O)Nc1ccc(S(=O)(=O)Oc2cc(C)cc(C)c2)cc1. The Balaban J connectivity index is 2.20. The van der Waals surface area contributed by atoms with Gasteiger partial charge in [0, 0.05) is 12.1 Å². The number of nitrogens with one attached hydrogen (secondary N) is 1. The Bertz CT molecular complexity index is 791. The molecule has 0 aliphatic carbocycles. The number of hydrogen-bond acceptors (Lipinski definition) is 4. The van der Waals surface area contributed by atoms with Crippen LogP contribution in [0.15, 0.2) is 47.4 Å². The molecule has 122 valence electrons. The molecule has 2 aromatic carbocycles. The fraction of sp³-hybridized carbons (Fsp3) is 0.235. The second-order valence-corrected chi connectivity index (χ2v) is 6.83. The number of anilines is 1. The average Bonchev–Trinajstić information content (AvgIpc) is 2.46. The predicted octanol–water partition coefficient (Wildman–Crippen LogP) is 3.42. The van der Waals surface area contributed by atoms with Gasteiger partial charge in [-0.2, -0.15) is 8.42 Å². The highest BCUT2D eigenvalue weighted by molar-refractivity contribution is 7.87. The van der Waals surface area contributed by atoms with Gasteiger partial charge < -0.3 is 9.50 Å². The van der Waals surface area contributed by atoms with Crippen molar-refractivity contribution in [1.29, 1.82) is 0 Å². The van der Waals surface area contributed by atoms with E-state index in [1.54, 1.807) is 19.1 Å². The van der Waals surface area contributed by atoms with Gasteiger partial charge in [-0.3, -0.25) is 4.79 Å². The Hall–Kier alpha value is -2.34. The Kier molecular flexibility index (Phi) is 5.05. The largest absolute Gasteiger partial charge is 0.379 e.